The van der Waals surface area contributed by atoms with Crippen LogP contribution in [0.1, 0.15) is 48.3 Å². The highest BCUT2D eigenvalue weighted by molar-refractivity contribution is 6.01. The lowest BCUT2D eigenvalue weighted by atomic mass is 9.94. The second kappa shape index (κ2) is 12.9. The summed E-state index contributed by atoms with van der Waals surface area (Å²) >= 11 is 0. The maximum Gasteiger partial charge on any atom is 0.317 e. The molecule has 0 fully saturated rings. The predicted octanol–water partition coefficient (Wildman–Crippen LogP) is 5.11. The highest BCUT2D eigenvalue weighted by Gasteiger charge is 2.31. The van der Waals surface area contributed by atoms with E-state index in [1.807, 2.05) is 99.6 Å². The van der Waals surface area contributed by atoms with Crippen LogP contribution in [0.25, 0.3) is 11.1 Å². The minimum absolute atomic E-state index is 0.109. The second-order valence-electron chi connectivity index (χ2n) is 10.5. The Morgan fingerprint density at radius 3 is 2.31 bits per heavy atom. The SMILES string of the molecule is C[C@@H]1CN([C@@H](C)CO)C(=O)c2ccccc2-c2ccccc2CO[C@@H]1CN(C)C(=O)N[C@H](C)c1ccccc1. The Hall–Kier alpha value is -3.68. The molecule has 7 heteroatoms. The molecule has 3 aromatic carbocycles. The van der Waals surface area contributed by atoms with Crippen molar-refractivity contribution in [3.8, 4) is 11.1 Å². The minimum Gasteiger partial charge on any atom is -0.394 e. The van der Waals surface area contributed by atoms with Gasteiger partial charge in [0, 0.05) is 31.6 Å². The predicted molar refractivity (Wildman–Crippen MR) is 153 cm³/mol. The standard InChI is InChI=1S/C32H39N3O4/c1-22-18-35(23(2)20-36)31(37)29-17-11-10-16-28(29)27-15-9-8-14-26(27)21-39-30(22)19-34(4)32(38)33-24(3)25-12-6-5-7-13-25/h5-17,22-24,30,36H,18-21H2,1-4H3,(H,33,38)/t22-,23+,24-,30-/m1/s1. The van der Waals surface area contributed by atoms with Crippen molar-refractivity contribution in [1.29, 1.82) is 0 Å². The van der Waals surface area contributed by atoms with Gasteiger partial charge in [-0.25, -0.2) is 4.79 Å². The number of carbonyl (C=O) groups is 2. The van der Waals surface area contributed by atoms with Crippen molar-refractivity contribution >= 4 is 11.9 Å². The maximum atomic E-state index is 13.9. The summed E-state index contributed by atoms with van der Waals surface area (Å²) in [5.74, 6) is -0.237. The molecule has 3 aromatic rings. The Labute approximate surface area is 231 Å². The van der Waals surface area contributed by atoms with Crippen molar-refractivity contribution in [2.45, 2.75) is 45.6 Å². The van der Waals surface area contributed by atoms with Crippen LogP contribution >= 0.6 is 0 Å². The molecular weight excluding hydrogens is 490 g/mol. The fourth-order valence-electron chi connectivity index (χ4n) is 5.02. The van der Waals surface area contributed by atoms with Gasteiger partial charge in [0.05, 0.1) is 31.4 Å². The van der Waals surface area contributed by atoms with Gasteiger partial charge in [0.15, 0.2) is 0 Å². The molecule has 0 bridgehead atoms. The van der Waals surface area contributed by atoms with E-state index in [2.05, 4.69) is 5.32 Å². The number of nitrogens with zero attached hydrogens (tertiary/aromatic N) is 2. The van der Waals surface area contributed by atoms with Crippen molar-refractivity contribution < 1.29 is 19.4 Å². The number of benzene rings is 3. The molecule has 4 atom stereocenters. The molecule has 0 aromatic heterocycles. The highest BCUT2D eigenvalue weighted by Crippen LogP contribution is 2.31. The molecule has 206 valence electrons. The summed E-state index contributed by atoms with van der Waals surface area (Å²) in [6.45, 7) is 6.76. The van der Waals surface area contributed by atoms with Crippen LogP contribution in [0.5, 0.6) is 0 Å². The van der Waals surface area contributed by atoms with Crippen LogP contribution in [-0.2, 0) is 11.3 Å². The normalized spacial score (nSPS) is 19.2. The zero-order valence-corrected chi connectivity index (χ0v) is 23.2. The fraction of sp³-hybridized carbons (Fsp3) is 0.375. The fourth-order valence-corrected chi connectivity index (χ4v) is 5.02. The van der Waals surface area contributed by atoms with Crippen LogP contribution in [0.15, 0.2) is 78.9 Å². The summed E-state index contributed by atoms with van der Waals surface area (Å²) in [5.41, 5.74) is 4.39. The summed E-state index contributed by atoms with van der Waals surface area (Å²) < 4.78 is 6.51. The number of fused-ring (bicyclic) bond motifs is 3. The number of carbonyl (C=O) groups excluding carboxylic acids is 2. The average molecular weight is 530 g/mol. The topological polar surface area (TPSA) is 82.1 Å². The van der Waals surface area contributed by atoms with Gasteiger partial charge < -0.3 is 25.0 Å². The molecule has 0 saturated carbocycles. The van der Waals surface area contributed by atoms with E-state index in [-0.39, 0.29) is 42.7 Å². The van der Waals surface area contributed by atoms with E-state index < -0.39 is 0 Å². The summed E-state index contributed by atoms with van der Waals surface area (Å²) in [6, 6.07) is 24.7. The smallest absolute Gasteiger partial charge is 0.317 e. The molecule has 3 amide bonds. The first-order valence-corrected chi connectivity index (χ1v) is 13.6. The molecule has 0 radical (unpaired) electrons. The van der Waals surface area contributed by atoms with Gasteiger partial charge in [0.2, 0.25) is 0 Å². The number of aliphatic hydroxyl groups is 1. The molecule has 1 aliphatic rings. The third kappa shape index (κ3) is 6.67. The van der Waals surface area contributed by atoms with E-state index in [4.69, 9.17) is 4.74 Å². The van der Waals surface area contributed by atoms with Crippen LogP contribution in [0.3, 0.4) is 0 Å². The summed E-state index contributed by atoms with van der Waals surface area (Å²) in [4.78, 5) is 30.4. The molecule has 2 N–H and O–H groups in total. The van der Waals surface area contributed by atoms with Crippen molar-refractivity contribution in [1.82, 2.24) is 15.1 Å². The Morgan fingerprint density at radius 1 is 1.00 bits per heavy atom. The number of urea groups is 1. The lowest BCUT2D eigenvalue weighted by molar-refractivity contribution is -0.0185. The summed E-state index contributed by atoms with van der Waals surface area (Å²) in [7, 11) is 1.76. The van der Waals surface area contributed by atoms with E-state index >= 15 is 0 Å². The van der Waals surface area contributed by atoms with Gasteiger partial charge in [0.1, 0.15) is 0 Å². The molecule has 0 aliphatic carbocycles. The van der Waals surface area contributed by atoms with Gasteiger partial charge in [-0.2, -0.15) is 0 Å². The number of ether oxygens (including phenoxy) is 1. The molecular formula is C32H39N3O4. The Morgan fingerprint density at radius 2 is 1.62 bits per heavy atom. The van der Waals surface area contributed by atoms with Gasteiger partial charge in [0.25, 0.3) is 5.91 Å². The first kappa shape index (κ1) is 28.3. The van der Waals surface area contributed by atoms with Crippen molar-refractivity contribution in [3.63, 3.8) is 0 Å². The van der Waals surface area contributed by atoms with E-state index in [1.54, 1.807) is 16.8 Å². The number of aliphatic hydroxyl groups excluding tert-OH is 1. The van der Waals surface area contributed by atoms with Crippen molar-refractivity contribution in [2.24, 2.45) is 5.92 Å². The van der Waals surface area contributed by atoms with Gasteiger partial charge in [-0.1, -0.05) is 79.7 Å². The van der Waals surface area contributed by atoms with Gasteiger partial charge in [-0.3, -0.25) is 4.79 Å². The van der Waals surface area contributed by atoms with Crippen LogP contribution in [0, 0.1) is 5.92 Å². The quantitative estimate of drug-likeness (QED) is 0.465. The lowest BCUT2D eigenvalue weighted by Gasteiger charge is -2.35. The van der Waals surface area contributed by atoms with Crippen LogP contribution in [0.4, 0.5) is 4.79 Å². The van der Waals surface area contributed by atoms with Crippen LogP contribution in [-0.4, -0.2) is 65.7 Å². The number of rotatable bonds is 6. The zero-order valence-electron chi connectivity index (χ0n) is 23.2. The Balaban J connectivity index is 1.61. The summed E-state index contributed by atoms with van der Waals surface area (Å²) in [5, 5.41) is 13.1. The largest absolute Gasteiger partial charge is 0.394 e. The number of nitrogens with one attached hydrogen (secondary N) is 1. The van der Waals surface area contributed by atoms with E-state index in [9.17, 15) is 14.7 Å². The summed E-state index contributed by atoms with van der Waals surface area (Å²) in [6.07, 6.45) is -0.344. The lowest BCUT2D eigenvalue weighted by Crippen LogP contribution is -2.49. The van der Waals surface area contributed by atoms with Gasteiger partial charge in [-0.05, 0) is 42.2 Å². The molecule has 1 heterocycles. The van der Waals surface area contributed by atoms with E-state index in [0.717, 1.165) is 22.3 Å². The zero-order chi connectivity index (χ0) is 27.9. The van der Waals surface area contributed by atoms with Gasteiger partial charge >= 0.3 is 6.03 Å². The van der Waals surface area contributed by atoms with Crippen LogP contribution in [0.2, 0.25) is 0 Å². The molecule has 1 aliphatic heterocycles. The monoisotopic (exact) mass is 529 g/mol. The molecule has 7 nitrogen and oxygen atoms in total. The van der Waals surface area contributed by atoms with E-state index in [0.29, 0.717) is 25.3 Å². The molecule has 4 rings (SSSR count). The van der Waals surface area contributed by atoms with Crippen molar-refractivity contribution in [3.05, 3.63) is 95.6 Å². The maximum absolute atomic E-state index is 13.9. The van der Waals surface area contributed by atoms with Crippen molar-refractivity contribution in [2.75, 3.05) is 26.7 Å². The first-order chi connectivity index (χ1) is 18.8. The molecule has 0 unspecified atom stereocenters. The molecule has 39 heavy (non-hydrogen) atoms. The number of amides is 3. The molecule has 0 saturated heterocycles. The number of hydrogen-bond donors (Lipinski definition) is 2. The second-order valence-corrected chi connectivity index (χ2v) is 10.5. The third-order valence-electron chi connectivity index (χ3n) is 7.53. The average Bonchev–Trinajstić information content (AvgIpc) is 2.98. The first-order valence-electron chi connectivity index (χ1n) is 13.6. The van der Waals surface area contributed by atoms with Gasteiger partial charge in [-0.15, -0.1) is 0 Å². The molecule has 0 spiro atoms. The Bertz CT molecular complexity index is 1270. The highest BCUT2D eigenvalue weighted by atomic mass is 16.5. The third-order valence-corrected chi connectivity index (χ3v) is 7.53. The number of hydrogen-bond acceptors (Lipinski definition) is 4. The van der Waals surface area contributed by atoms with Crippen LogP contribution < -0.4 is 5.32 Å². The minimum atomic E-state index is -0.377. The number of likely N-dealkylation sites (N-methyl/N-ethyl adjacent to an activating group) is 1. The van der Waals surface area contributed by atoms with E-state index in [1.165, 1.54) is 0 Å². The Kier molecular flexibility index (Phi) is 9.38.